The molecule has 1 heterocycles. The van der Waals surface area contributed by atoms with Gasteiger partial charge in [0, 0.05) is 18.8 Å². The van der Waals surface area contributed by atoms with Crippen LogP contribution < -0.4 is 4.90 Å². The van der Waals surface area contributed by atoms with Gasteiger partial charge in [0.15, 0.2) is 0 Å². The van der Waals surface area contributed by atoms with Crippen molar-refractivity contribution in [3.05, 3.63) is 29.8 Å². The van der Waals surface area contributed by atoms with E-state index in [0.29, 0.717) is 0 Å². The molecular formula is C16H25NO. The van der Waals surface area contributed by atoms with Gasteiger partial charge in [-0.15, -0.1) is 0 Å². The Bertz CT molecular complexity index is 350. The van der Waals surface area contributed by atoms with Crippen LogP contribution in [-0.2, 0) is 0 Å². The summed E-state index contributed by atoms with van der Waals surface area (Å²) in [4.78, 5) is 2.47. The van der Waals surface area contributed by atoms with Crippen molar-refractivity contribution in [3.8, 4) is 0 Å². The lowest BCUT2D eigenvalue weighted by Crippen LogP contribution is -2.33. The average molecular weight is 247 g/mol. The Hall–Kier alpha value is -1.02. The molecule has 1 aliphatic rings. The molecule has 1 aromatic rings. The second-order valence-corrected chi connectivity index (χ2v) is 5.49. The first-order valence-electron chi connectivity index (χ1n) is 7.23. The highest BCUT2D eigenvalue weighted by atomic mass is 16.3. The summed E-state index contributed by atoms with van der Waals surface area (Å²) >= 11 is 0. The standard InChI is InChI=1S/C16H25NO/c1-3-4-14-9-11-17(12-10-14)16-7-5-15(6-8-16)13(2)18/h5-8,13-14,18H,3-4,9-12H2,1-2H3/t13-/m0/s1. The molecule has 100 valence electrons. The topological polar surface area (TPSA) is 23.5 Å². The Morgan fingerprint density at radius 3 is 2.33 bits per heavy atom. The van der Waals surface area contributed by atoms with E-state index in [1.165, 1.54) is 44.5 Å². The molecule has 0 unspecified atom stereocenters. The zero-order valence-corrected chi connectivity index (χ0v) is 11.6. The smallest absolute Gasteiger partial charge is 0.0761 e. The molecule has 0 radical (unpaired) electrons. The van der Waals surface area contributed by atoms with Gasteiger partial charge in [-0.3, -0.25) is 0 Å². The van der Waals surface area contributed by atoms with Gasteiger partial charge in [-0.25, -0.2) is 0 Å². The molecule has 1 saturated heterocycles. The molecule has 0 aliphatic carbocycles. The van der Waals surface area contributed by atoms with Crippen molar-refractivity contribution in [1.29, 1.82) is 0 Å². The number of hydrogen-bond donors (Lipinski definition) is 1. The van der Waals surface area contributed by atoms with Gasteiger partial charge < -0.3 is 10.0 Å². The zero-order valence-electron chi connectivity index (χ0n) is 11.6. The Balaban J connectivity index is 1.93. The van der Waals surface area contributed by atoms with Crippen molar-refractivity contribution >= 4 is 5.69 Å². The first-order chi connectivity index (χ1) is 8.70. The molecule has 2 nitrogen and oxygen atoms in total. The second kappa shape index (κ2) is 6.24. The fourth-order valence-electron chi connectivity index (χ4n) is 2.85. The van der Waals surface area contributed by atoms with Crippen molar-refractivity contribution in [2.45, 2.75) is 45.6 Å². The van der Waals surface area contributed by atoms with Gasteiger partial charge >= 0.3 is 0 Å². The first-order valence-corrected chi connectivity index (χ1v) is 7.23. The highest BCUT2D eigenvalue weighted by Crippen LogP contribution is 2.26. The summed E-state index contributed by atoms with van der Waals surface area (Å²) in [5, 5.41) is 9.51. The third-order valence-electron chi connectivity index (χ3n) is 4.05. The molecular weight excluding hydrogens is 222 g/mol. The van der Waals surface area contributed by atoms with Crippen LogP contribution in [0.1, 0.15) is 51.2 Å². The summed E-state index contributed by atoms with van der Waals surface area (Å²) in [6.07, 6.45) is 4.98. The van der Waals surface area contributed by atoms with Crippen LogP contribution in [0.15, 0.2) is 24.3 Å². The molecule has 2 rings (SSSR count). The summed E-state index contributed by atoms with van der Waals surface area (Å²) in [6.45, 7) is 6.45. The van der Waals surface area contributed by atoms with Crippen LogP contribution in [0, 0.1) is 5.92 Å². The van der Waals surface area contributed by atoms with E-state index in [4.69, 9.17) is 0 Å². The summed E-state index contributed by atoms with van der Waals surface area (Å²) in [7, 11) is 0. The summed E-state index contributed by atoms with van der Waals surface area (Å²) in [6, 6.07) is 8.36. The number of benzene rings is 1. The van der Waals surface area contributed by atoms with Crippen LogP contribution in [0.25, 0.3) is 0 Å². The van der Waals surface area contributed by atoms with Crippen molar-refractivity contribution in [2.75, 3.05) is 18.0 Å². The third-order valence-corrected chi connectivity index (χ3v) is 4.05. The molecule has 1 aliphatic heterocycles. The normalized spacial score (nSPS) is 18.9. The highest BCUT2D eigenvalue weighted by Gasteiger charge is 2.18. The SMILES string of the molecule is CCCC1CCN(c2ccc([C@H](C)O)cc2)CC1. The van der Waals surface area contributed by atoms with Gasteiger partial charge in [-0.05, 0) is 43.4 Å². The van der Waals surface area contributed by atoms with Crippen LogP contribution in [0.2, 0.25) is 0 Å². The van der Waals surface area contributed by atoms with E-state index >= 15 is 0 Å². The number of aliphatic hydroxyl groups excluding tert-OH is 1. The van der Waals surface area contributed by atoms with Gasteiger partial charge in [-0.1, -0.05) is 31.9 Å². The van der Waals surface area contributed by atoms with E-state index in [-0.39, 0.29) is 6.10 Å². The Morgan fingerprint density at radius 2 is 1.83 bits per heavy atom. The molecule has 0 saturated carbocycles. The summed E-state index contributed by atoms with van der Waals surface area (Å²) in [5.41, 5.74) is 2.30. The molecule has 1 atom stereocenters. The minimum Gasteiger partial charge on any atom is -0.389 e. The zero-order chi connectivity index (χ0) is 13.0. The number of rotatable bonds is 4. The van der Waals surface area contributed by atoms with Crippen molar-refractivity contribution in [2.24, 2.45) is 5.92 Å². The van der Waals surface area contributed by atoms with Crippen LogP contribution in [0.5, 0.6) is 0 Å². The molecule has 0 aromatic heterocycles. The van der Waals surface area contributed by atoms with E-state index in [9.17, 15) is 5.11 Å². The molecule has 0 bridgehead atoms. The molecule has 18 heavy (non-hydrogen) atoms. The van der Waals surface area contributed by atoms with Gasteiger partial charge in [0.1, 0.15) is 0 Å². The van der Waals surface area contributed by atoms with E-state index in [0.717, 1.165) is 11.5 Å². The summed E-state index contributed by atoms with van der Waals surface area (Å²) in [5.74, 6) is 0.933. The number of piperidine rings is 1. The second-order valence-electron chi connectivity index (χ2n) is 5.49. The fraction of sp³-hybridized carbons (Fsp3) is 0.625. The highest BCUT2D eigenvalue weighted by molar-refractivity contribution is 5.48. The van der Waals surface area contributed by atoms with Crippen molar-refractivity contribution in [1.82, 2.24) is 0 Å². The largest absolute Gasteiger partial charge is 0.389 e. The lowest BCUT2D eigenvalue weighted by atomic mass is 9.92. The maximum Gasteiger partial charge on any atom is 0.0761 e. The van der Waals surface area contributed by atoms with E-state index < -0.39 is 0 Å². The minimum absolute atomic E-state index is 0.366. The van der Waals surface area contributed by atoms with E-state index in [1.54, 1.807) is 0 Å². The molecule has 1 fully saturated rings. The van der Waals surface area contributed by atoms with E-state index in [2.05, 4.69) is 24.0 Å². The molecule has 2 heteroatoms. The third kappa shape index (κ3) is 3.26. The lowest BCUT2D eigenvalue weighted by molar-refractivity contribution is 0.199. The van der Waals surface area contributed by atoms with Gasteiger partial charge in [-0.2, -0.15) is 0 Å². The Morgan fingerprint density at radius 1 is 1.22 bits per heavy atom. The van der Waals surface area contributed by atoms with Crippen molar-refractivity contribution < 1.29 is 5.11 Å². The van der Waals surface area contributed by atoms with Crippen LogP contribution in [0.4, 0.5) is 5.69 Å². The quantitative estimate of drug-likeness (QED) is 0.875. The number of anilines is 1. The molecule has 0 amide bonds. The molecule has 0 spiro atoms. The maximum atomic E-state index is 9.51. The fourth-order valence-corrected chi connectivity index (χ4v) is 2.85. The van der Waals surface area contributed by atoms with Crippen LogP contribution >= 0.6 is 0 Å². The minimum atomic E-state index is -0.366. The Labute approximate surface area is 111 Å². The lowest BCUT2D eigenvalue weighted by Gasteiger charge is -2.33. The predicted molar refractivity (Wildman–Crippen MR) is 76.9 cm³/mol. The average Bonchev–Trinajstić information content (AvgIpc) is 2.40. The van der Waals surface area contributed by atoms with Crippen LogP contribution in [-0.4, -0.2) is 18.2 Å². The molecule has 1 aromatic carbocycles. The Kier molecular flexibility index (Phi) is 4.65. The van der Waals surface area contributed by atoms with Crippen LogP contribution in [0.3, 0.4) is 0 Å². The number of nitrogens with zero attached hydrogens (tertiary/aromatic N) is 1. The van der Waals surface area contributed by atoms with Gasteiger partial charge in [0.25, 0.3) is 0 Å². The molecule has 1 N–H and O–H groups in total. The summed E-state index contributed by atoms with van der Waals surface area (Å²) < 4.78 is 0. The number of hydrogen-bond acceptors (Lipinski definition) is 2. The van der Waals surface area contributed by atoms with E-state index in [1.807, 2.05) is 19.1 Å². The monoisotopic (exact) mass is 247 g/mol. The van der Waals surface area contributed by atoms with Gasteiger partial charge in [0.05, 0.1) is 6.10 Å². The van der Waals surface area contributed by atoms with Gasteiger partial charge in [0.2, 0.25) is 0 Å². The predicted octanol–water partition coefficient (Wildman–Crippen LogP) is 3.76. The maximum absolute atomic E-state index is 9.51. The first kappa shape index (κ1) is 13.4. The number of aliphatic hydroxyl groups is 1. The van der Waals surface area contributed by atoms with Crippen molar-refractivity contribution in [3.63, 3.8) is 0 Å².